The second-order valence-corrected chi connectivity index (χ2v) is 6.43. The number of benzene rings is 1. The molecule has 2 N–H and O–H groups in total. The zero-order chi connectivity index (χ0) is 18.8. The first-order chi connectivity index (χ1) is 12.4. The average Bonchev–Trinajstić information content (AvgIpc) is 2.96. The molecule has 0 radical (unpaired) electrons. The summed E-state index contributed by atoms with van der Waals surface area (Å²) in [6.07, 6.45) is 0. The van der Waals surface area contributed by atoms with Crippen molar-refractivity contribution in [3.8, 4) is 5.69 Å². The van der Waals surface area contributed by atoms with Crippen LogP contribution in [0, 0.1) is 12.8 Å². The summed E-state index contributed by atoms with van der Waals surface area (Å²) in [7, 11) is 0. The fraction of sp³-hybridized carbons (Fsp3) is 0.263. The SMILES string of the molecule is Cc1nn(-c2ccccc2)c2nc(C(=O)N[C@H](C(=O)O)C(C)C)ccc12. The second kappa shape index (κ2) is 6.95. The summed E-state index contributed by atoms with van der Waals surface area (Å²) in [5.41, 5.74) is 2.34. The van der Waals surface area contributed by atoms with Gasteiger partial charge in [0.25, 0.3) is 5.91 Å². The molecule has 0 saturated carbocycles. The lowest BCUT2D eigenvalue weighted by Gasteiger charge is -2.17. The molecule has 26 heavy (non-hydrogen) atoms. The van der Waals surface area contributed by atoms with Crippen molar-refractivity contribution in [1.29, 1.82) is 0 Å². The van der Waals surface area contributed by atoms with Crippen LogP contribution in [-0.2, 0) is 4.79 Å². The molecule has 0 bridgehead atoms. The largest absolute Gasteiger partial charge is 0.480 e. The third kappa shape index (κ3) is 3.28. The van der Waals surface area contributed by atoms with E-state index in [-0.39, 0.29) is 11.6 Å². The van der Waals surface area contributed by atoms with Crippen LogP contribution in [0.3, 0.4) is 0 Å². The predicted octanol–water partition coefficient (Wildman–Crippen LogP) is 2.57. The van der Waals surface area contributed by atoms with E-state index in [1.165, 1.54) is 0 Å². The van der Waals surface area contributed by atoms with Crippen LogP contribution in [0.2, 0.25) is 0 Å². The van der Waals surface area contributed by atoms with Crippen molar-refractivity contribution >= 4 is 22.9 Å². The number of aromatic nitrogens is 3. The Labute approximate surface area is 150 Å². The molecule has 7 nitrogen and oxygen atoms in total. The molecule has 1 amide bonds. The molecule has 1 atom stereocenters. The quantitative estimate of drug-likeness (QED) is 0.735. The van der Waals surface area contributed by atoms with Gasteiger partial charge in [-0.2, -0.15) is 5.10 Å². The van der Waals surface area contributed by atoms with Crippen molar-refractivity contribution in [1.82, 2.24) is 20.1 Å². The molecular weight excluding hydrogens is 332 g/mol. The van der Waals surface area contributed by atoms with Gasteiger partial charge in [0.2, 0.25) is 0 Å². The number of carbonyl (C=O) groups excluding carboxylic acids is 1. The Morgan fingerprint density at radius 3 is 2.42 bits per heavy atom. The summed E-state index contributed by atoms with van der Waals surface area (Å²) in [6.45, 7) is 5.36. The Balaban J connectivity index is 2.01. The van der Waals surface area contributed by atoms with E-state index in [4.69, 9.17) is 0 Å². The molecule has 2 aromatic heterocycles. The van der Waals surface area contributed by atoms with Gasteiger partial charge in [-0.3, -0.25) is 4.79 Å². The standard InChI is InChI=1S/C19H20N4O3/c1-11(2)16(19(25)26)21-18(24)15-10-9-14-12(3)22-23(17(14)20-15)13-7-5-4-6-8-13/h4-11,16H,1-3H3,(H,21,24)(H,25,26)/t16-/m0/s1. The van der Waals surface area contributed by atoms with E-state index >= 15 is 0 Å². The normalized spacial score (nSPS) is 12.3. The fourth-order valence-corrected chi connectivity index (χ4v) is 2.75. The average molecular weight is 352 g/mol. The summed E-state index contributed by atoms with van der Waals surface area (Å²) >= 11 is 0. The molecule has 0 unspecified atom stereocenters. The van der Waals surface area contributed by atoms with Crippen LogP contribution in [0.15, 0.2) is 42.5 Å². The number of fused-ring (bicyclic) bond motifs is 1. The zero-order valence-electron chi connectivity index (χ0n) is 14.8. The number of aliphatic carboxylic acids is 1. The first-order valence-corrected chi connectivity index (χ1v) is 8.34. The highest BCUT2D eigenvalue weighted by molar-refractivity contribution is 5.97. The van der Waals surface area contributed by atoms with Gasteiger partial charge in [0.05, 0.1) is 11.4 Å². The van der Waals surface area contributed by atoms with Crippen molar-refractivity contribution in [3.05, 3.63) is 53.9 Å². The Morgan fingerprint density at radius 2 is 1.81 bits per heavy atom. The molecule has 3 rings (SSSR count). The Bertz CT molecular complexity index is 964. The Hall–Kier alpha value is -3.22. The summed E-state index contributed by atoms with van der Waals surface area (Å²) < 4.78 is 1.68. The highest BCUT2D eigenvalue weighted by Crippen LogP contribution is 2.20. The number of pyridine rings is 1. The number of amides is 1. The van der Waals surface area contributed by atoms with E-state index in [0.717, 1.165) is 16.8 Å². The summed E-state index contributed by atoms with van der Waals surface area (Å²) in [4.78, 5) is 28.2. The number of carboxylic acids is 1. The molecule has 3 aromatic rings. The molecule has 0 aliphatic heterocycles. The van der Waals surface area contributed by atoms with E-state index in [2.05, 4.69) is 15.4 Å². The van der Waals surface area contributed by atoms with E-state index in [9.17, 15) is 14.7 Å². The molecule has 0 fully saturated rings. The van der Waals surface area contributed by atoms with Gasteiger partial charge in [-0.15, -0.1) is 0 Å². The van der Waals surface area contributed by atoms with E-state index in [1.807, 2.05) is 37.3 Å². The van der Waals surface area contributed by atoms with Crippen LogP contribution < -0.4 is 5.32 Å². The number of nitrogens with zero attached hydrogens (tertiary/aromatic N) is 3. The summed E-state index contributed by atoms with van der Waals surface area (Å²) in [5.74, 6) is -1.83. The van der Waals surface area contributed by atoms with Crippen molar-refractivity contribution in [2.24, 2.45) is 5.92 Å². The maximum atomic E-state index is 12.5. The molecule has 1 aromatic carbocycles. The number of para-hydroxylation sites is 1. The van der Waals surface area contributed by atoms with Gasteiger partial charge in [0.15, 0.2) is 5.65 Å². The highest BCUT2D eigenvalue weighted by Gasteiger charge is 2.25. The van der Waals surface area contributed by atoms with Gasteiger partial charge in [0, 0.05) is 5.39 Å². The highest BCUT2D eigenvalue weighted by atomic mass is 16.4. The number of rotatable bonds is 5. The lowest BCUT2D eigenvalue weighted by molar-refractivity contribution is -0.140. The number of aryl methyl sites for hydroxylation is 1. The number of hydrogen-bond acceptors (Lipinski definition) is 4. The first kappa shape index (κ1) is 17.6. The van der Waals surface area contributed by atoms with Gasteiger partial charge in [-0.25, -0.2) is 14.5 Å². The number of carbonyl (C=O) groups is 2. The van der Waals surface area contributed by atoms with Crippen LogP contribution in [0.25, 0.3) is 16.7 Å². The van der Waals surface area contributed by atoms with Gasteiger partial charge < -0.3 is 10.4 Å². The number of carboxylic acid groups (broad SMARTS) is 1. The minimum atomic E-state index is -1.07. The van der Waals surface area contributed by atoms with Gasteiger partial charge >= 0.3 is 5.97 Å². The van der Waals surface area contributed by atoms with E-state index < -0.39 is 17.9 Å². The third-order valence-electron chi connectivity index (χ3n) is 4.17. The van der Waals surface area contributed by atoms with Gasteiger partial charge in [0.1, 0.15) is 11.7 Å². The molecule has 0 spiro atoms. The predicted molar refractivity (Wildman–Crippen MR) is 97.3 cm³/mol. The fourth-order valence-electron chi connectivity index (χ4n) is 2.75. The Morgan fingerprint density at radius 1 is 1.12 bits per heavy atom. The van der Waals surface area contributed by atoms with Crippen LogP contribution in [0.4, 0.5) is 0 Å². The second-order valence-electron chi connectivity index (χ2n) is 6.43. The minimum absolute atomic E-state index is 0.154. The van der Waals surface area contributed by atoms with Gasteiger partial charge in [-0.1, -0.05) is 32.0 Å². The third-order valence-corrected chi connectivity index (χ3v) is 4.17. The zero-order valence-corrected chi connectivity index (χ0v) is 14.8. The smallest absolute Gasteiger partial charge is 0.326 e. The molecule has 0 saturated heterocycles. The monoisotopic (exact) mass is 352 g/mol. The van der Waals surface area contributed by atoms with E-state index in [0.29, 0.717) is 5.65 Å². The van der Waals surface area contributed by atoms with Gasteiger partial charge in [-0.05, 0) is 37.1 Å². The lowest BCUT2D eigenvalue weighted by Crippen LogP contribution is -2.44. The van der Waals surface area contributed by atoms with Crippen molar-refractivity contribution in [3.63, 3.8) is 0 Å². The molecule has 0 aliphatic rings. The molecule has 0 aliphatic carbocycles. The van der Waals surface area contributed by atoms with Crippen LogP contribution in [0.1, 0.15) is 30.0 Å². The van der Waals surface area contributed by atoms with Crippen LogP contribution >= 0.6 is 0 Å². The maximum absolute atomic E-state index is 12.5. The topological polar surface area (TPSA) is 97.1 Å². The lowest BCUT2D eigenvalue weighted by atomic mass is 10.0. The summed E-state index contributed by atoms with van der Waals surface area (Å²) in [5, 5.41) is 17.1. The minimum Gasteiger partial charge on any atom is -0.480 e. The number of hydrogen-bond donors (Lipinski definition) is 2. The van der Waals surface area contributed by atoms with E-state index in [1.54, 1.807) is 30.7 Å². The molecular formula is C19H20N4O3. The van der Waals surface area contributed by atoms with Crippen LogP contribution in [0.5, 0.6) is 0 Å². The molecule has 134 valence electrons. The first-order valence-electron chi connectivity index (χ1n) is 8.34. The van der Waals surface area contributed by atoms with Crippen molar-refractivity contribution in [2.75, 3.05) is 0 Å². The van der Waals surface area contributed by atoms with Crippen LogP contribution in [-0.4, -0.2) is 37.8 Å². The molecule has 7 heteroatoms. The molecule has 2 heterocycles. The number of nitrogens with one attached hydrogen (secondary N) is 1. The van der Waals surface area contributed by atoms with Crippen molar-refractivity contribution < 1.29 is 14.7 Å². The van der Waals surface area contributed by atoms with Crippen molar-refractivity contribution in [2.45, 2.75) is 26.8 Å². The maximum Gasteiger partial charge on any atom is 0.326 e. The summed E-state index contributed by atoms with van der Waals surface area (Å²) in [6, 6.07) is 11.9. The Kier molecular flexibility index (Phi) is 4.71.